The molecule has 2 aliphatic rings. The van der Waals surface area contributed by atoms with Crippen LogP contribution in [0.2, 0.25) is 0 Å². The molecule has 2 aliphatic heterocycles. The van der Waals surface area contributed by atoms with E-state index in [0.717, 1.165) is 86.8 Å². The zero-order valence-corrected chi connectivity index (χ0v) is 37.1. The highest BCUT2D eigenvalue weighted by Crippen LogP contribution is 2.37. The van der Waals surface area contributed by atoms with Gasteiger partial charge in [-0.15, -0.1) is 0 Å². The molecular weight excluding hydrogens is 823 g/mol. The van der Waals surface area contributed by atoms with Crippen LogP contribution in [0.25, 0.3) is 55.3 Å². The van der Waals surface area contributed by atoms with Gasteiger partial charge in [0.25, 0.3) is 5.91 Å². The summed E-state index contributed by atoms with van der Waals surface area (Å²) in [4.78, 5) is 72.7. The Morgan fingerprint density at radius 2 is 1.22 bits per heavy atom. The fourth-order valence-electron chi connectivity index (χ4n) is 9.47. The Morgan fingerprint density at radius 3 is 1.85 bits per heavy atom. The smallest absolute Gasteiger partial charge is 0.407 e. The Morgan fingerprint density at radius 1 is 0.677 bits per heavy atom. The molecule has 9 rings (SSSR count). The van der Waals surface area contributed by atoms with Gasteiger partial charge < -0.3 is 44.4 Å². The largest absolute Gasteiger partial charge is 0.453 e. The van der Waals surface area contributed by atoms with Crippen LogP contribution >= 0.6 is 0 Å². The maximum absolute atomic E-state index is 14.4. The van der Waals surface area contributed by atoms with E-state index in [4.69, 9.17) is 19.4 Å². The van der Waals surface area contributed by atoms with Crippen LogP contribution in [-0.2, 0) is 26.1 Å². The summed E-state index contributed by atoms with van der Waals surface area (Å²) in [5.74, 6) is 0.958. The quantitative estimate of drug-likeness (QED) is 0.0998. The molecule has 4 amide bonds. The highest BCUT2D eigenvalue weighted by atomic mass is 16.5. The Kier molecular flexibility index (Phi) is 11.9. The number of hydrogen-bond donors (Lipinski definition) is 4. The number of benzene rings is 4. The summed E-state index contributed by atoms with van der Waals surface area (Å²) in [5.41, 5.74) is 7.49. The molecule has 0 saturated carbocycles. The van der Waals surface area contributed by atoms with Gasteiger partial charge in [0.2, 0.25) is 5.91 Å². The lowest BCUT2D eigenvalue weighted by Crippen LogP contribution is -2.51. The van der Waals surface area contributed by atoms with Gasteiger partial charge in [0.05, 0.1) is 50.1 Å². The summed E-state index contributed by atoms with van der Waals surface area (Å²) in [6.45, 7) is 4.94. The van der Waals surface area contributed by atoms with E-state index in [1.54, 1.807) is 0 Å². The van der Waals surface area contributed by atoms with Crippen molar-refractivity contribution in [2.45, 2.75) is 63.7 Å². The Bertz CT molecular complexity index is 2900. The van der Waals surface area contributed by atoms with Crippen molar-refractivity contribution >= 4 is 45.7 Å². The van der Waals surface area contributed by atoms with Gasteiger partial charge in [0.15, 0.2) is 0 Å². The summed E-state index contributed by atoms with van der Waals surface area (Å²) in [6.07, 6.45) is 7.39. The molecule has 0 spiro atoms. The second-order valence-corrected chi connectivity index (χ2v) is 17.2. The van der Waals surface area contributed by atoms with Crippen molar-refractivity contribution in [3.05, 3.63) is 121 Å². The molecule has 4 aromatic carbocycles. The van der Waals surface area contributed by atoms with E-state index in [9.17, 15) is 19.2 Å². The molecule has 2 saturated heterocycles. The van der Waals surface area contributed by atoms with Crippen molar-refractivity contribution in [2.24, 2.45) is 13.0 Å². The van der Waals surface area contributed by atoms with Gasteiger partial charge in [0, 0.05) is 48.4 Å². The number of nitrogens with zero attached hydrogens (tertiary/aromatic N) is 5. The number of methoxy groups -OCH3 is 2. The second kappa shape index (κ2) is 18.0. The fourth-order valence-corrected chi connectivity index (χ4v) is 9.47. The van der Waals surface area contributed by atoms with Gasteiger partial charge >= 0.3 is 12.2 Å². The minimum Gasteiger partial charge on any atom is -0.453 e. The number of carbonyl (C=O) groups excluding carboxylic acids is 4. The number of rotatable bonds is 11. The first-order valence-electron chi connectivity index (χ1n) is 22.1. The molecule has 0 bridgehead atoms. The maximum atomic E-state index is 14.4. The third-order valence-electron chi connectivity index (χ3n) is 12.9. The van der Waals surface area contributed by atoms with Crippen LogP contribution in [-0.4, -0.2) is 91.7 Å². The van der Waals surface area contributed by atoms with Gasteiger partial charge in [0.1, 0.15) is 23.7 Å². The van der Waals surface area contributed by atoms with E-state index in [0.29, 0.717) is 24.5 Å². The third kappa shape index (κ3) is 8.41. The van der Waals surface area contributed by atoms with E-state index in [1.807, 2.05) is 78.1 Å². The third-order valence-corrected chi connectivity index (χ3v) is 12.9. The average molecular weight is 876 g/mol. The highest BCUT2D eigenvalue weighted by molar-refractivity contribution is 5.95. The molecule has 7 aromatic rings. The molecule has 65 heavy (non-hydrogen) atoms. The van der Waals surface area contributed by atoms with E-state index < -0.39 is 24.3 Å². The summed E-state index contributed by atoms with van der Waals surface area (Å²) in [6, 6.07) is 26.8. The van der Waals surface area contributed by atoms with Crippen molar-refractivity contribution in [3.8, 4) is 33.6 Å². The molecule has 15 heteroatoms. The van der Waals surface area contributed by atoms with Crippen molar-refractivity contribution in [1.29, 1.82) is 0 Å². The highest BCUT2D eigenvalue weighted by Gasteiger charge is 2.39. The molecule has 2 fully saturated rings. The minimum absolute atomic E-state index is 0.110. The first kappa shape index (κ1) is 42.9. The van der Waals surface area contributed by atoms with Crippen LogP contribution in [0.1, 0.15) is 74.9 Å². The number of imidazole rings is 2. The van der Waals surface area contributed by atoms with Crippen LogP contribution in [0.4, 0.5) is 9.59 Å². The number of likely N-dealkylation sites (tertiary alicyclic amines) is 2. The Labute approximate surface area is 376 Å². The van der Waals surface area contributed by atoms with Crippen molar-refractivity contribution in [1.82, 2.24) is 44.9 Å². The first-order valence-corrected chi connectivity index (χ1v) is 22.1. The molecule has 4 N–H and O–H groups in total. The summed E-state index contributed by atoms with van der Waals surface area (Å²) >= 11 is 0. The number of aromatic nitrogens is 5. The van der Waals surface area contributed by atoms with Gasteiger partial charge in [-0.05, 0) is 77.3 Å². The lowest BCUT2D eigenvalue weighted by atomic mass is 9.98. The van der Waals surface area contributed by atoms with Crippen LogP contribution in [0.3, 0.4) is 0 Å². The van der Waals surface area contributed by atoms with Crippen molar-refractivity contribution < 1.29 is 28.7 Å². The predicted molar refractivity (Wildman–Crippen MR) is 247 cm³/mol. The number of aromatic amines is 2. The fraction of sp³-hybridized carbons (Fsp3) is 0.320. The van der Waals surface area contributed by atoms with Crippen molar-refractivity contribution in [3.63, 3.8) is 0 Å². The molecule has 5 heterocycles. The lowest BCUT2D eigenvalue weighted by Gasteiger charge is -2.30. The molecule has 334 valence electrons. The number of fused-ring (bicyclic) bond motifs is 2. The van der Waals surface area contributed by atoms with Gasteiger partial charge in [-0.2, -0.15) is 0 Å². The number of hydrogen-bond acceptors (Lipinski definition) is 8. The maximum Gasteiger partial charge on any atom is 0.407 e. The van der Waals surface area contributed by atoms with Crippen LogP contribution < -0.4 is 10.6 Å². The molecule has 3 aromatic heterocycles. The molecule has 4 atom stereocenters. The van der Waals surface area contributed by atoms with Crippen LogP contribution in [0, 0.1) is 5.92 Å². The van der Waals surface area contributed by atoms with Crippen molar-refractivity contribution in [2.75, 3.05) is 27.3 Å². The normalized spacial score (nSPS) is 17.1. The molecule has 0 radical (unpaired) electrons. The SMILES string of the molecule is COC(=O)NC(C(=O)N1CCC[C@H]1c1ncc(-c2ccc(-c3ccc4cc(-c5cnc([C@@H]6CCCN6C(=O)[C@@H](NC(=O)OC)C(C)C)[nH]5)ccc4c3)cc2)[nH]1)c1cn(C)c2ccccc12. The zero-order valence-electron chi connectivity index (χ0n) is 37.1. The van der Waals surface area contributed by atoms with Gasteiger partial charge in [-0.1, -0.05) is 80.6 Å². The van der Waals surface area contributed by atoms with E-state index >= 15 is 0 Å². The number of alkyl carbamates (subject to hydrolysis) is 2. The number of ether oxygens (including phenoxy) is 2. The number of H-pyrrole nitrogens is 2. The summed E-state index contributed by atoms with van der Waals surface area (Å²) < 4.78 is 11.7. The number of nitrogens with one attached hydrogen (secondary N) is 4. The summed E-state index contributed by atoms with van der Waals surface area (Å²) in [5, 5.41) is 8.58. The lowest BCUT2D eigenvalue weighted by molar-refractivity contribution is -0.135. The van der Waals surface area contributed by atoms with E-state index in [1.165, 1.54) is 14.2 Å². The van der Waals surface area contributed by atoms with Crippen LogP contribution in [0.5, 0.6) is 0 Å². The number of para-hydroxylation sites is 1. The van der Waals surface area contributed by atoms with Gasteiger partial charge in [-0.3, -0.25) is 9.59 Å². The topological polar surface area (TPSA) is 180 Å². The van der Waals surface area contributed by atoms with Gasteiger partial charge in [-0.25, -0.2) is 19.6 Å². The average Bonchev–Trinajstić information content (AvgIpc) is 4.20. The number of aryl methyl sites for hydroxylation is 1. The number of amides is 4. The number of carbonyl (C=O) groups is 4. The Hall–Kier alpha value is -7.42. The zero-order chi connectivity index (χ0) is 45.4. The minimum atomic E-state index is -0.936. The second-order valence-electron chi connectivity index (χ2n) is 17.2. The first-order chi connectivity index (χ1) is 31.5. The van der Waals surface area contributed by atoms with E-state index in [-0.39, 0.29) is 29.8 Å². The molecular formula is C50H53N9O6. The van der Waals surface area contributed by atoms with Crippen LogP contribution in [0.15, 0.2) is 104 Å². The Balaban J connectivity index is 0.882. The summed E-state index contributed by atoms with van der Waals surface area (Å²) in [7, 11) is 4.51. The standard InChI is InChI=1S/C50H53N9O6/c1-29(2)43(55-49(62)64-4)47(60)58-22-8-12-41(58)46-52-27-39(54-46)35-21-20-33-24-32(18-19-34(33)25-35)30-14-16-31(17-15-30)38-26-51-45(53-38)42-13-9-23-59(42)48(61)44(56-50(63)65-5)37-28-57(3)40-11-7-6-10-36(37)40/h6-7,10-11,14-21,24-29,41-44H,8-9,12-13,22-23H2,1-5H3,(H,51,53)(H,52,54)(H,55,62)(H,56,63)/t41-,42-,43-,44?/m0/s1. The van der Waals surface area contributed by atoms with E-state index in [2.05, 4.69) is 81.3 Å². The molecule has 0 aliphatic carbocycles. The molecule has 1 unspecified atom stereocenters. The monoisotopic (exact) mass is 875 g/mol. The molecule has 15 nitrogen and oxygen atoms in total. The predicted octanol–water partition coefficient (Wildman–Crippen LogP) is 8.58.